The maximum atomic E-state index is 13.3. The van der Waals surface area contributed by atoms with Gasteiger partial charge in [0.25, 0.3) is 5.91 Å². The largest absolute Gasteiger partial charge is 0.493 e. The number of benzene rings is 2. The van der Waals surface area contributed by atoms with Gasteiger partial charge in [0.15, 0.2) is 0 Å². The molecule has 4 aromatic rings. The number of amides is 1. The molecule has 2 aromatic heterocycles. The molecule has 6 nitrogen and oxygen atoms in total. The van der Waals surface area contributed by atoms with Crippen molar-refractivity contribution in [1.29, 1.82) is 0 Å². The van der Waals surface area contributed by atoms with Crippen molar-refractivity contribution in [3.05, 3.63) is 77.4 Å². The Labute approximate surface area is 179 Å². The van der Waals surface area contributed by atoms with E-state index in [0.29, 0.717) is 42.1 Å². The van der Waals surface area contributed by atoms with Crippen LogP contribution in [0.1, 0.15) is 28.5 Å². The number of ether oxygens (including phenoxy) is 1. The van der Waals surface area contributed by atoms with Crippen molar-refractivity contribution in [2.24, 2.45) is 0 Å². The number of H-pyrrole nitrogens is 1. The number of fused-ring (bicyclic) bond motifs is 1. The van der Waals surface area contributed by atoms with E-state index < -0.39 is 0 Å². The third kappa shape index (κ3) is 4.55. The third-order valence-electron chi connectivity index (χ3n) is 5.09. The number of hydrogen-bond acceptors (Lipinski definition) is 4. The van der Waals surface area contributed by atoms with Crippen molar-refractivity contribution in [3.63, 3.8) is 0 Å². The van der Waals surface area contributed by atoms with Crippen LogP contribution in [0.4, 0.5) is 4.39 Å². The lowest BCUT2D eigenvalue weighted by Crippen LogP contribution is -2.25. The van der Waals surface area contributed by atoms with Crippen molar-refractivity contribution in [1.82, 2.24) is 20.5 Å². The maximum Gasteiger partial charge on any atom is 0.251 e. The zero-order valence-electron chi connectivity index (χ0n) is 17.4. The highest BCUT2D eigenvalue weighted by Crippen LogP contribution is 2.31. The van der Waals surface area contributed by atoms with Gasteiger partial charge in [-0.05, 0) is 68.3 Å². The standard InChI is InChI=1S/C24H23FN4O2/c1-3-31-23-13-21(16-4-7-19(25)8-5-16)28-22-12-17(6-9-20(22)23)24(30)26-11-10-18-14-27-29-15(18)2/h4-9,12-14H,3,10-11H2,1-2H3,(H,26,30)(H,27,29). The van der Waals surface area contributed by atoms with Crippen molar-refractivity contribution >= 4 is 16.8 Å². The molecule has 0 spiro atoms. The van der Waals surface area contributed by atoms with E-state index in [2.05, 4.69) is 15.5 Å². The lowest BCUT2D eigenvalue weighted by Gasteiger charge is -2.12. The molecule has 0 radical (unpaired) electrons. The quantitative estimate of drug-likeness (QED) is 0.465. The Hall–Kier alpha value is -3.74. The van der Waals surface area contributed by atoms with Crippen LogP contribution in [0, 0.1) is 12.7 Å². The minimum atomic E-state index is -0.306. The average molecular weight is 418 g/mol. The van der Waals surface area contributed by atoms with E-state index >= 15 is 0 Å². The van der Waals surface area contributed by atoms with Crippen LogP contribution in [-0.4, -0.2) is 34.2 Å². The third-order valence-corrected chi connectivity index (χ3v) is 5.09. The van der Waals surface area contributed by atoms with Gasteiger partial charge in [-0.2, -0.15) is 5.10 Å². The van der Waals surface area contributed by atoms with Crippen LogP contribution < -0.4 is 10.1 Å². The summed E-state index contributed by atoms with van der Waals surface area (Å²) in [5.74, 6) is 0.198. The number of aryl methyl sites for hydroxylation is 1. The molecule has 2 aromatic carbocycles. The molecule has 0 unspecified atom stereocenters. The van der Waals surface area contributed by atoms with Gasteiger partial charge in [0.1, 0.15) is 11.6 Å². The minimum absolute atomic E-state index is 0.171. The second-order valence-electron chi connectivity index (χ2n) is 7.18. The molecule has 4 rings (SSSR count). The van der Waals surface area contributed by atoms with Crippen LogP contribution in [0.25, 0.3) is 22.2 Å². The summed E-state index contributed by atoms with van der Waals surface area (Å²) in [5, 5.41) is 10.7. The van der Waals surface area contributed by atoms with Crippen LogP contribution in [0.5, 0.6) is 5.75 Å². The number of carbonyl (C=O) groups is 1. The molecule has 0 fully saturated rings. The van der Waals surface area contributed by atoms with Gasteiger partial charge in [-0.3, -0.25) is 9.89 Å². The second-order valence-corrected chi connectivity index (χ2v) is 7.18. The fraction of sp³-hybridized carbons (Fsp3) is 0.208. The first-order chi connectivity index (χ1) is 15.0. The van der Waals surface area contributed by atoms with E-state index in [9.17, 15) is 9.18 Å². The van der Waals surface area contributed by atoms with Crippen LogP contribution in [-0.2, 0) is 6.42 Å². The average Bonchev–Trinajstić information content (AvgIpc) is 3.18. The van der Waals surface area contributed by atoms with Gasteiger partial charge in [-0.1, -0.05) is 0 Å². The van der Waals surface area contributed by atoms with Gasteiger partial charge in [-0.25, -0.2) is 9.37 Å². The van der Waals surface area contributed by atoms with E-state index in [-0.39, 0.29) is 11.7 Å². The molecule has 0 atom stereocenters. The van der Waals surface area contributed by atoms with Crippen LogP contribution in [0.2, 0.25) is 0 Å². The van der Waals surface area contributed by atoms with Gasteiger partial charge in [0.05, 0.1) is 23.5 Å². The monoisotopic (exact) mass is 418 g/mol. The lowest BCUT2D eigenvalue weighted by molar-refractivity contribution is 0.0954. The van der Waals surface area contributed by atoms with E-state index in [1.807, 2.05) is 32.2 Å². The summed E-state index contributed by atoms with van der Waals surface area (Å²) in [4.78, 5) is 17.4. The summed E-state index contributed by atoms with van der Waals surface area (Å²) in [6.07, 6.45) is 2.54. The Morgan fingerprint density at radius 1 is 1.16 bits per heavy atom. The van der Waals surface area contributed by atoms with Crippen molar-refractivity contribution in [3.8, 4) is 17.0 Å². The number of halogens is 1. The van der Waals surface area contributed by atoms with Crippen molar-refractivity contribution in [2.45, 2.75) is 20.3 Å². The molecule has 7 heteroatoms. The summed E-state index contributed by atoms with van der Waals surface area (Å²) in [7, 11) is 0. The number of nitrogens with zero attached hydrogens (tertiary/aromatic N) is 2. The van der Waals surface area contributed by atoms with Crippen molar-refractivity contribution < 1.29 is 13.9 Å². The van der Waals surface area contributed by atoms with Gasteiger partial charge in [0, 0.05) is 35.3 Å². The second kappa shape index (κ2) is 8.95. The molecule has 0 aliphatic heterocycles. The van der Waals surface area contributed by atoms with Gasteiger partial charge in [-0.15, -0.1) is 0 Å². The predicted molar refractivity (Wildman–Crippen MR) is 118 cm³/mol. The molecular formula is C24H23FN4O2. The summed E-state index contributed by atoms with van der Waals surface area (Å²) in [6.45, 7) is 4.84. The van der Waals surface area contributed by atoms with Crippen LogP contribution in [0.15, 0.2) is 54.7 Å². The number of carbonyl (C=O) groups excluding carboxylic acids is 1. The minimum Gasteiger partial charge on any atom is -0.493 e. The molecule has 0 saturated carbocycles. The highest BCUT2D eigenvalue weighted by atomic mass is 19.1. The number of pyridine rings is 1. The predicted octanol–water partition coefficient (Wildman–Crippen LogP) is 4.44. The van der Waals surface area contributed by atoms with E-state index in [0.717, 1.165) is 22.2 Å². The first kappa shape index (κ1) is 20.5. The molecule has 31 heavy (non-hydrogen) atoms. The Morgan fingerprint density at radius 2 is 1.97 bits per heavy atom. The maximum absolute atomic E-state index is 13.3. The number of rotatable bonds is 7. The fourth-order valence-electron chi connectivity index (χ4n) is 3.43. The zero-order valence-corrected chi connectivity index (χ0v) is 17.4. The Bertz CT molecular complexity index is 1220. The first-order valence-corrected chi connectivity index (χ1v) is 10.2. The molecule has 158 valence electrons. The highest BCUT2D eigenvalue weighted by molar-refractivity contribution is 5.99. The van der Waals surface area contributed by atoms with E-state index in [1.54, 1.807) is 24.3 Å². The highest BCUT2D eigenvalue weighted by Gasteiger charge is 2.13. The number of hydrogen-bond donors (Lipinski definition) is 2. The van der Waals surface area contributed by atoms with Gasteiger partial charge < -0.3 is 10.1 Å². The first-order valence-electron chi connectivity index (χ1n) is 10.2. The topological polar surface area (TPSA) is 79.9 Å². The SMILES string of the molecule is CCOc1cc(-c2ccc(F)cc2)nc2cc(C(=O)NCCc3c[nH]nc3C)ccc12. The molecule has 0 saturated heterocycles. The van der Waals surface area contributed by atoms with Crippen molar-refractivity contribution in [2.75, 3.05) is 13.2 Å². The molecule has 0 bridgehead atoms. The summed E-state index contributed by atoms with van der Waals surface area (Å²) < 4.78 is 19.1. The molecule has 2 heterocycles. The smallest absolute Gasteiger partial charge is 0.251 e. The van der Waals surface area contributed by atoms with Crippen LogP contribution in [0.3, 0.4) is 0 Å². The fourth-order valence-corrected chi connectivity index (χ4v) is 3.43. The molecular weight excluding hydrogens is 395 g/mol. The Balaban J connectivity index is 1.61. The lowest BCUT2D eigenvalue weighted by atomic mass is 10.1. The summed E-state index contributed by atoms with van der Waals surface area (Å²) in [6, 6.07) is 13.3. The van der Waals surface area contributed by atoms with Gasteiger partial charge in [0.2, 0.25) is 0 Å². The molecule has 1 amide bonds. The number of aromatic amines is 1. The molecule has 2 N–H and O–H groups in total. The zero-order chi connectivity index (χ0) is 21.8. The Morgan fingerprint density at radius 3 is 2.68 bits per heavy atom. The Kier molecular flexibility index (Phi) is 5.93. The van der Waals surface area contributed by atoms with Crippen LogP contribution >= 0.6 is 0 Å². The van der Waals surface area contributed by atoms with Gasteiger partial charge >= 0.3 is 0 Å². The molecule has 0 aliphatic rings. The van der Waals surface area contributed by atoms with E-state index in [4.69, 9.17) is 9.72 Å². The number of nitrogens with one attached hydrogen (secondary N) is 2. The number of aromatic nitrogens is 3. The normalized spacial score (nSPS) is 10.9. The van der Waals surface area contributed by atoms with E-state index in [1.165, 1.54) is 12.1 Å². The summed E-state index contributed by atoms with van der Waals surface area (Å²) in [5.41, 5.74) is 4.59. The molecule has 0 aliphatic carbocycles. The summed E-state index contributed by atoms with van der Waals surface area (Å²) >= 11 is 0.